The summed E-state index contributed by atoms with van der Waals surface area (Å²) in [6, 6.07) is 6.66. The molecule has 0 spiro atoms. The van der Waals surface area contributed by atoms with E-state index in [0.29, 0.717) is 12.1 Å². The number of halogens is 7. The Morgan fingerprint density at radius 3 is 2.37 bits per heavy atom. The number of alkyl halides is 3. The van der Waals surface area contributed by atoms with Crippen LogP contribution >= 0.6 is 0 Å². The van der Waals surface area contributed by atoms with Crippen LogP contribution in [-0.2, 0) is 32.9 Å². The van der Waals surface area contributed by atoms with Crippen LogP contribution in [0.15, 0.2) is 64.4 Å². The molecular weight excluding hydrogens is 705 g/mol. The van der Waals surface area contributed by atoms with Gasteiger partial charge >= 0.3 is 12.1 Å². The maximum absolute atomic E-state index is 15.9. The van der Waals surface area contributed by atoms with Crippen LogP contribution in [0.4, 0.5) is 30.7 Å². The molecule has 7 nitrogen and oxygen atoms in total. The van der Waals surface area contributed by atoms with Crippen molar-refractivity contribution in [1.82, 2.24) is 9.88 Å². The summed E-state index contributed by atoms with van der Waals surface area (Å²) in [6.07, 6.45) is -5.60. The Labute approximate surface area is 290 Å². The molecule has 3 atom stereocenters. The summed E-state index contributed by atoms with van der Waals surface area (Å²) in [5.74, 6) is -5.19. The highest BCUT2D eigenvalue weighted by Crippen LogP contribution is 2.42. The van der Waals surface area contributed by atoms with Crippen molar-refractivity contribution in [1.29, 1.82) is 0 Å². The number of hydrogen-bond acceptors (Lipinski definition) is 6. The number of pyridine rings is 1. The number of nitrogens with one attached hydrogen (secondary N) is 1. The van der Waals surface area contributed by atoms with Gasteiger partial charge < -0.3 is 14.8 Å². The Morgan fingerprint density at radius 1 is 1.04 bits per heavy atom. The number of hydrogen-bond donors (Lipinski definition) is 1. The molecule has 3 aromatic carbocycles. The van der Waals surface area contributed by atoms with Crippen molar-refractivity contribution in [3.05, 3.63) is 116 Å². The van der Waals surface area contributed by atoms with Gasteiger partial charge in [-0.05, 0) is 73.8 Å². The minimum Gasteiger partial charge on any atom is -0.494 e. The lowest BCUT2D eigenvalue weighted by Gasteiger charge is -2.28. The van der Waals surface area contributed by atoms with E-state index in [0.717, 1.165) is 28.8 Å². The summed E-state index contributed by atoms with van der Waals surface area (Å²) < 4.78 is 128. The number of ether oxygens (including phenoxy) is 2. The van der Waals surface area contributed by atoms with E-state index in [4.69, 9.17) is 9.47 Å². The molecular formula is C36H33F7N2O5S. The van der Waals surface area contributed by atoms with Gasteiger partial charge in [-0.15, -0.1) is 0 Å². The van der Waals surface area contributed by atoms with E-state index in [-0.39, 0.29) is 70.3 Å². The number of carbonyl (C=O) groups excluding carboxylic acids is 1. The fourth-order valence-corrected chi connectivity index (χ4v) is 8.20. The molecule has 0 fully saturated rings. The average Bonchev–Trinajstić information content (AvgIpc) is 3.40. The number of fused-ring (bicyclic) bond motifs is 1. The highest BCUT2D eigenvalue weighted by molar-refractivity contribution is 7.85. The molecule has 0 bridgehead atoms. The van der Waals surface area contributed by atoms with Gasteiger partial charge in [-0.25, -0.2) is 17.6 Å². The first-order valence-electron chi connectivity index (χ1n) is 15.9. The second kappa shape index (κ2) is 15.4. The van der Waals surface area contributed by atoms with Crippen molar-refractivity contribution >= 4 is 16.8 Å². The molecule has 1 N–H and O–H groups in total. The first-order valence-corrected chi connectivity index (χ1v) is 17.2. The molecule has 0 amide bonds. The normalized spacial score (nSPS) is 16.2. The Balaban J connectivity index is 1.77. The van der Waals surface area contributed by atoms with Crippen LogP contribution in [0.2, 0.25) is 0 Å². The van der Waals surface area contributed by atoms with E-state index in [2.05, 4.69) is 5.32 Å². The molecule has 1 aromatic heterocycles. The monoisotopic (exact) mass is 738 g/mol. The van der Waals surface area contributed by atoms with Gasteiger partial charge in [-0.3, -0.25) is 18.4 Å². The number of benzene rings is 3. The van der Waals surface area contributed by atoms with Gasteiger partial charge in [0.25, 0.3) is 5.56 Å². The summed E-state index contributed by atoms with van der Waals surface area (Å²) in [5.41, 5.74) is -3.74. The van der Waals surface area contributed by atoms with Gasteiger partial charge in [-0.1, -0.05) is 18.2 Å². The molecule has 0 saturated carbocycles. The first-order chi connectivity index (χ1) is 24.2. The van der Waals surface area contributed by atoms with E-state index in [9.17, 15) is 35.8 Å². The van der Waals surface area contributed by atoms with Crippen molar-refractivity contribution in [2.45, 2.75) is 56.4 Å². The topological polar surface area (TPSA) is 86.6 Å². The largest absolute Gasteiger partial charge is 0.494 e. The fourth-order valence-electron chi connectivity index (χ4n) is 6.45. The third-order valence-electron chi connectivity index (χ3n) is 8.69. The van der Waals surface area contributed by atoms with Gasteiger partial charge in [0, 0.05) is 30.0 Å². The maximum Gasteiger partial charge on any atom is 0.416 e. The van der Waals surface area contributed by atoms with Crippen LogP contribution in [0.1, 0.15) is 59.7 Å². The molecule has 0 saturated heterocycles. The summed E-state index contributed by atoms with van der Waals surface area (Å²) >= 11 is 0. The second-order valence-electron chi connectivity index (χ2n) is 11.8. The average molecular weight is 739 g/mol. The molecule has 1 aliphatic rings. The van der Waals surface area contributed by atoms with Gasteiger partial charge in [0.15, 0.2) is 11.6 Å². The highest BCUT2D eigenvalue weighted by Gasteiger charge is 2.41. The molecule has 15 heteroatoms. The minimum absolute atomic E-state index is 0.00455. The maximum atomic E-state index is 15.9. The second-order valence-corrected chi connectivity index (χ2v) is 13.3. The number of methoxy groups -OCH3 is 1. The summed E-state index contributed by atoms with van der Waals surface area (Å²) in [7, 11) is -0.930. The summed E-state index contributed by atoms with van der Waals surface area (Å²) in [5, 5.41) is 2.86. The fraction of sp³-hybridized carbons (Fsp3) is 0.333. The van der Waals surface area contributed by atoms with Crippen LogP contribution < -0.4 is 15.6 Å². The summed E-state index contributed by atoms with van der Waals surface area (Å²) in [6.45, 7) is 3.19. The Hall–Kier alpha value is -4.50. The Kier molecular flexibility index (Phi) is 11.4. The third kappa shape index (κ3) is 7.74. The van der Waals surface area contributed by atoms with Gasteiger partial charge in [-0.2, -0.15) is 13.2 Å². The number of aromatic nitrogens is 1. The van der Waals surface area contributed by atoms with Crippen molar-refractivity contribution in [2.75, 3.05) is 26.0 Å². The first kappa shape index (κ1) is 37.7. The molecule has 1 aliphatic heterocycles. The van der Waals surface area contributed by atoms with Crippen molar-refractivity contribution in [3.8, 4) is 16.9 Å². The lowest BCUT2D eigenvalue weighted by Crippen LogP contribution is -2.36. The molecule has 4 aromatic rings. The van der Waals surface area contributed by atoms with E-state index >= 15 is 8.78 Å². The van der Waals surface area contributed by atoms with E-state index in [1.54, 1.807) is 6.92 Å². The van der Waals surface area contributed by atoms with Gasteiger partial charge in [0.05, 0.1) is 53.5 Å². The van der Waals surface area contributed by atoms with Gasteiger partial charge in [0.2, 0.25) is 0 Å². The molecule has 3 unspecified atom stereocenters. The van der Waals surface area contributed by atoms with E-state index in [1.807, 2.05) is 0 Å². The molecule has 272 valence electrons. The molecule has 5 rings (SSSR count). The number of nitrogens with zero attached hydrogens (tertiary/aromatic N) is 1. The van der Waals surface area contributed by atoms with Crippen molar-refractivity contribution in [2.24, 2.45) is 0 Å². The van der Waals surface area contributed by atoms with Crippen molar-refractivity contribution < 1.29 is 49.2 Å². The number of esters is 1. The minimum atomic E-state index is -4.98. The zero-order chi connectivity index (χ0) is 37.2. The molecule has 51 heavy (non-hydrogen) atoms. The number of rotatable bonds is 12. The third-order valence-corrected chi connectivity index (χ3v) is 10.2. The lowest BCUT2D eigenvalue weighted by atomic mass is 9.91. The predicted octanol–water partition coefficient (Wildman–Crippen LogP) is 7.33. The predicted molar refractivity (Wildman–Crippen MR) is 175 cm³/mol. The number of carbonyl (C=O) groups is 1. The van der Waals surface area contributed by atoms with Crippen LogP contribution in [0.5, 0.6) is 5.75 Å². The van der Waals surface area contributed by atoms with Crippen LogP contribution in [0.3, 0.4) is 0 Å². The molecule has 2 heterocycles. The molecule has 0 radical (unpaired) electrons. The standard InChI is InChI=1S/C36H33F7N2O5S/c1-4-50-30(46)12-7-13-44-33(20-14-21(37)16-22(38)15-20)28-18-51(48)35-24(17-25-26(36(41,42)43)9-6-10-27(25)39)19(2)31(34(47)45(28)35)23-8-5-11-29(49-3)32(23)40/h5-6,8-11,14-16,28,33,44H,4,7,12-13,17-18H2,1-3H3. The van der Waals surface area contributed by atoms with Gasteiger partial charge in [0.1, 0.15) is 22.5 Å². The van der Waals surface area contributed by atoms with Crippen LogP contribution in [-0.4, -0.2) is 40.8 Å². The van der Waals surface area contributed by atoms with Crippen molar-refractivity contribution in [3.63, 3.8) is 0 Å². The Morgan fingerprint density at radius 2 is 1.73 bits per heavy atom. The van der Waals surface area contributed by atoms with Crippen LogP contribution in [0, 0.1) is 30.2 Å². The van der Waals surface area contributed by atoms with E-state index < -0.39 is 81.4 Å². The summed E-state index contributed by atoms with van der Waals surface area (Å²) in [4.78, 5) is 26.5. The SMILES string of the molecule is CCOC(=O)CCCNC(c1cc(F)cc(F)c1)C1CS(=O)c2c(Cc3c(F)cccc3C(F)(F)F)c(C)c(-c3cccc(OC)c3F)c(=O)n21. The van der Waals surface area contributed by atoms with Crippen LogP contribution in [0.25, 0.3) is 11.1 Å². The zero-order valence-electron chi connectivity index (χ0n) is 27.6. The highest BCUT2D eigenvalue weighted by atomic mass is 32.2. The quantitative estimate of drug-likeness (QED) is 0.0931. The lowest BCUT2D eigenvalue weighted by molar-refractivity contribution is -0.143. The smallest absolute Gasteiger partial charge is 0.416 e. The Bertz CT molecular complexity index is 2030. The van der Waals surface area contributed by atoms with E-state index in [1.165, 1.54) is 32.2 Å². The molecule has 0 aliphatic carbocycles. The zero-order valence-corrected chi connectivity index (χ0v) is 28.5.